The quantitative estimate of drug-likeness (QED) is 0.216. The molecule has 206 valence electrons. The molecule has 2 saturated heterocycles. The summed E-state index contributed by atoms with van der Waals surface area (Å²) in [4.78, 5) is 52.9. The highest BCUT2D eigenvalue weighted by Gasteiger charge is 2.76. The van der Waals surface area contributed by atoms with E-state index in [-0.39, 0.29) is 29.8 Å². The maximum atomic E-state index is 14.6. The summed E-state index contributed by atoms with van der Waals surface area (Å²) in [5.74, 6) is -7.24. The topological polar surface area (TPSA) is 95.0 Å². The number of nitrogens with zero attached hydrogens (tertiary/aromatic N) is 2. The Kier molecular flexibility index (Phi) is 6.29. The number of halogens is 4. The van der Waals surface area contributed by atoms with Crippen molar-refractivity contribution in [2.24, 2.45) is 17.8 Å². The molecule has 2 aromatic carbocycles. The molecule has 0 aromatic heterocycles. The number of hydrogen-bond donors (Lipinski definition) is 1. The van der Waals surface area contributed by atoms with Crippen molar-refractivity contribution >= 4 is 74.5 Å². The van der Waals surface area contributed by atoms with Crippen molar-refractivity contribution in [2.45, 2.75) is 28.5 Å². The van der Waals surface area contributed by atoms with Crippen LogP contribution in [0.3, 0.4) is 0 Å². The highest BCUT2D eigenvalue weighted by atomic mass is 79.9. The summed E-state index contributed by atoms with van der Waals surface area (Å²) in [6.07, 6.45) is 3.44. The number of carbonyl (C=O) groups is 4. The molecule has 0 spiro atoms. The lowest BCUT2D eigenvalue weighted by atomic mass is 9.56. The first-order valence-corrected chi connectivity index (χ1v) is 14.5. The molecule has 6 atom stereocenters. The van der Waals surface area contributed by atoms with Gasteiger partial charge in [0.1, 0.15) is 0 Å². The van der Waals surface area contributed by atoms with E-state index >= 15 is 0 Å². The van der Waals surface area contributed by atoms with Crippen molar-refractivity contribution in [3.8, 4) is 5.75 Å². The van der Waals surface area contributed by atoms with Gasteiger partial charge in [0, 0.05) is 5.92 Å². The zero-order valence-electron chi connectivity index (χ0n) is 20.8. The molecule has 3 fully saturated rings. The molecule has 11 heteroatoms. The third-order valence-corrected chi connectivity index (χ3v) is 10.6. The molecule has 40 heavy (non-hydrogen) atoms. The number of carbonyl (C=O) groups excluding carboxylic acids is 4. The number of aromatic hydroxyl groups is 1. The number of amides is 4. The lowest BCUT2D eigenvalue weighted by Gasteiger charge is -2.50. The van der Waals surface area contributed by atoms with Crippen molar-refractivity contribution in [1.82, 2.24) is 4.90 Å². The van der Waals surface area contributed by atoms with Crippen LogP contribution in [0.15, 0.2) is 60.7 Å². The van der Waals surface area contributed by atoms with Crippen LogP contribution in [0.4, 0.5) is 10.1 Å². The minimum atomic E-state index is -2.04. The summed E-state index contributed by atoms with van der Waals surface area (Å²) in [5.41, 5.74) is 1.83. The van der Waals surface area contributed by atoms with E-state index < -0.39 is 62.7 Å². The molecule has 1 N–H and O–H groups in total. The number of anilines is 1. The SMILES string of the molecule is C=Cc1ccc(N2C(=O)[C@H]3[C@H](CC=C4[C@H]3C[C@@]3(Cl)C(=O)N(CBr)C(=O)[C@@]3(Cl)[C@H]4c3ccc(O)c(F)c3)C2=O)cc1. The monoisotopic (exact) mass is 646 g/mol. The molecule has 4 amide bonds. The Morgan fingerprint density at radius 3 is 2.38 bits per heavy atom. The second kappa shape index (κ2) is 9.26. The Balaban J connectivity index is 1.50. The Bertz CT molecular complexity index is 1550. The van der Waals surface area contributed by atoms with Crippen molar-refractivity contribution < 1.29 is 28.7 Å². The number of benzene rings is 2. The average molecular weight is 648 g/mol. The fraction of sp³-hybridized carbons (Fsp3) is 0.310. The molecule has 0 bridgehead atoms. The van der Waals surface area contributed by atoms with Gasteiger partial charge in [0.2, 0.25) is 11.8 Å². The number of imide groups is 2. The molecular formula is C29H22BrCl2FN2O5. The molecule has 0 unspecified atom stereocenters. The highest BCUT2D eigenvalue weighted by Crippen LogP contribution is 2.65. The fourth-order valence-electron chi connectivity index (χ4n) is 6.84. The number of phenolic OH excluding ortho intramolecular Hbond substituents is 1. The van der Waals surface area contributed by atoms with Crippen LogP contribution in [0.1, 0.15) is 29.9 Å². The van der Waals surface area contributed by atoms with E-state index in [1.54, 1.807) is 36.4 Å². The fourth-order valence-corrected chi connectivity index (χ4v) is 8.27. The predicted octanol–water partition coefficient (Wildman–Crippen LogP) is 5.09. The summed E-state index contributed by atoms with van der Waals surface area (Å²) < 4.78 is 14.6. The van der Waals surface area contributed by atoms with Crippen LogP contribution in [-0.2, 0) is 19.2 Å². The molecule has 0 radical (unpaired) electrons. The maximum Gasteiger partial charge on any atom is 0.254 e. The number of fused-ring (bicyclic) bond motifs is 4. The summed E-state index contributed by atoms with van der Waals surface area (Å²) in [6.45, 7) is 3.72. The number of hydrogen-bond acceptors (Lipinski definition) is 5. The van der Waals surface area contributed by atoms with Gasteiger partial charge in [-0.3, -0.25) is 29.0 Å². The summed E-state index contributed by atoms with van der Waals surface area (Å²) >= 11 is 17.4. The molecule has 2 aliphatic heterocycles. The van der Waals surface area contributed by atoms with Gasteiger partial charge in [-0.15, -0.1) is 23.2 Å². The normalized spacial score (nSPS) is 33.0. The summed E-state index contributed by atoms with van der Waals surface area (Å²) in [6, 6.07) is 10.4. The number of rotatable bonds is 4. The van der Waals surface area contributed by atoms with E-state index in [0.717, 1.165) is 27.5 Å². The van der Waals surface area contributed by atoms with Crippen LogP contribution in [0.5, 0.6) is 5.75 Å². The van der Waals surface area contributed by atoms with Gasteiger partial charge in [0.05, 0.1) is 23.0 Å². The Hall–Kier alpha value is -3.01. The molecular weight excluding hydrogens is 626 g/mol. The highest BCUT2D eigenvalue weighted by molar-refractivity contribution is 9.09. The summed E-state index contributed by atoms with van der Waals surface area (Å²) in [5, 5.41) is 9.83. The van der Waals surface area contributed by atoms with Gasteiger partial charge in [-0.1, -0.05) is 58.4 Å². The van der Waals surface area contributed by atoms with Crippen molar-refractivity contribution in [3.05, 3.63) is 77.6 Å². The van der Waals surface area contributed by atoms with E-state index in [9.17, 15) is 28.7 Å². The van der Waals surface area contributed by atoms with Crippen LogP contribution >= 0.6 is 39.1 Å². The van der Waals surface area contributed by atoms with Crippen LogP contribution in [0, 0.1) is 23.6 Å². The molecule has 4 aliphatic rings. The zero-order chi connectivity index (χ0) is 28.7. The third-order valence-electron chi connectivity index (χ3n) is 8.71. The van der Waals surface area contributed by atoms with Gasteiger partial charge in [0.25, 0.3) is 11.8 Å². The van der Waals surface area contributed by atoms with Gasteiger partial charge in [0.15, 0.2) is 21.3 Å². The van der Waals surface area contributed by atoms with E-state index in [0.29, 0.717) is 11.3 Å². The Morgan fingerprint density at radius 1 is 1.05 bits per heavy atom. The number of alkyl halides is 3. The van der Waals surface area contributed by atoms with Crippen LogP contribution in [0.2, 0.25) is 0 Å². The first-order valence-electron chi connectivity index (χ1n) is 12.6. The van der Waals surface area contributed by atoms with Crippen LogP contribution in [-0.4, -0.2) is 48.8 Å². The first-order chi connectivity index (χ1) is 19.0. The zero-order valence-corrected chi connectivity index (χ0v) is 23.9. The van der Waals surface area contributed by atoms with Gasteiger partial charge in [-0.2, -0.15) is 0 Å². The van der Waals surface area contributed by atoms with Crippen LogP contribution in [0.25, 0.3) is 6.08 Å². The second-order valence-electron chi connectivity index (χ2n) is 10.5. The van der Waals surface area contributed by atoms with Crippen LogP contribution < -0.4 is 4.90 Å². The van der Waals surface area contributed by atoms with E-state index in [1.165, 1.54) is 6.07 Å². The van der Waals surface area contributed by atoms with E-state index in [2.05, 4.69) is 22.5 Å². The number of phenols is 1. The Morgan fingerprint density at radius 2 is 1.75 bits per heavy atom. The lowest BCUT2D eigenvalue weighted by Crippen LogP contribution is -2.60. The molecule has 2 aromatic rings. The van der Waals surface area contributed by atoms with Crippen molar-refractivity contribution in [3.63, 3.8) is 0 Å². The molecule has 2 aliphatic carbocycles. The second-order valence-corrected chi connectivity index (χ2v) is 12.2. The summed E-state index contributed by atoms with van der Waals surface area (Å²) in [7, 11) is 0. The van der Waals surface area contributed by atoms with E-state index in [1.807, 2.05) is 0 Å². The number of likely N-dealkylation sites (tertiary alicyclic amines) is 1. The maximum absolute atomic E-state index is 14.6. The largest absolute Gasteiger partial charge is 0.505 e. The van der Waals surface area contributed by atoms with Gasteiger partial charge in [-0.25, -0.2) is 4.39 Å². The molecule has 2 heterocycles. The van der Waals surface area contributed by atoms with Crippen molar-refractivity contribution in [2.75, 3.05) is 10.4 Å². The van der Waals surface area contributed by atoms with E-state index in [4.69, 9.17) is 23.2 Å². The Labute approximate surface area is 247 Å². The standard InChI is InChI=1S/C29H22BrCl2FN2O5/c1-2-14-3-6-16(7-4-14)35-24(37)18-9-8-17-19(22(18)25(35)38)12-28(31)26(39)34(13-30)27(40)29(28,32)23(17)15-5-10-21(36)20(33)11-15/h2-8,10-11,18-19,22-23,36H,1,9,12-13H2/t18-,19+,22-,23-,28+,29-/m0/s1. The molecule has 1 saturated carbocycles. The average Bonchev–Trinajstić information content (AvgIpc) is 3.28. The van der Waals surface area contributed by atoms with Gasteiger partial charge in [-0.05, 0) is 54.2 Å². The minimum Gasteiger partial charge on any atom is -0.505 e. The molecule has 6 rings (SSSR count). The van der Waals surface area contributed by atoms with Gasteiger partial charge < -0.3 is 5.11 Å². The smallest absolute Gasteiger partial charge is 0.254 e. The third kappa shape index (κ3) is 3.40. The number of allylic oxidation sites excluding steroid dienone is 2. The molecule has 7 nitrogen and oxygen atoms in total. The van der Waals surface area contributed by atoms with Crippen molar-refractivity contribution in [1.29, 1.82) is 0 Å². The predicted molar refractivity (Wildman–Crippen MR) is 150 cm³/mol. The lowest BCUT2D eigenvalue weighted by molar-refractivity contribution is -0.138. The van der Waals surface area contributed by atoms with Gasteiger partial charge >= 0.3 is 0 Å². The minimum absolute atomic E-state index is 0.161. The first kappa shape index (κ1) is 27.2.